The molecular formula is C87H85BN2O2. The van der Waals surface area contributed by atoms with Gasteiger partial charge in [-0.1, -0.05) is 273 Å². The van der Waals surface area contributed by atoms with Crippen molar-refractivity contribution < 1.29 is 9.31 Å². The van der Waals surface area contributed by atoms with E-state index < -0.39 is 5.41 Å². The van der Waals surface area contributed by atoms with Crippen LogP contribution >= 0.6 is 0 Å². The van der Waals surface area contributed by atoms with Gasteiger partial charge in [0, 0.05) is 52.8 Å². The summed E-state index contributed by atoms with van der Waals surface area (Å²) in [5, 5.41) is 0. The molecule has 0 atom stereocenters. The number of rotatable bonds is 25. The summed E-state index contributed by atoms with van der Waals surface area (Å²) in [6.45, 7) is 6.11. The number of fused-ring (bicyclic) bond motifs is 6. The summed E-state index contributed by atoms with van der Waals surface area (Å²) in [7, 11) is -0.334. The van der Waals surface area contributed by atoms with Gasteiger partial charge in [0.15, 0.2) is 0 Å². The van der Waals surface area contributed by atoms with E-state index in [-0.39, 0.29) is 12.5 Å². The average Bonchev–Trinajstić information content (AvgIpc) is 1.53. The second-order valence-electron chi connectivity index (χ2n) is 25.9. The number of anilines is 6. The van der Waals surface area contributed by atoms with Crippen LogP contribution in [-0.4, -0.2) is 20.3 Å². The van der Waals surface area contributed by atoms with Gasteiger partial charge in [0.05, 0.1) is 5.41 Å². The molecule has 0 aromatic heterocycles. The van der Waals surface area contributed by atoms with E-state index in [1.165, 1.54) is 155 Å². The lowest BCUT2D eigenvalue weighted by molar-refractivity contribution is 0.143. The molecule has 0 N–H and O–H groups in total. The monoisotopic (exact) mass is 1200 g/mol. The maximum Gasteiger partial charge on any atom is 0.493 e. The lowest BCUT2D eigenvalue weighted by atomic mass is 9.67. The van der Waals surface area contributed by atoms with Gasteiger partial charge >= 0.3 is 7.12 Å². The van der Waals surface area contributed by atoms with Gasteiger partial charge in [-0.05, 0) is 194 Å². The average molecular weight is 1200 g/mol. The summed E-state index contributed by atoms with van der Waals surface area (Å²) >= 11 is 0. The van der Waals surface area contributed by atoms with Crippen LogP contribution in [0, 0.1) is 0 Å². The Kier molecular flexibility index (Phi) is 18.3. The van der Waals surface area contributed by atoms with Gasteiger partial charge in [-0.25, -0.2) is 0 Å². The molecule has 0 bridgehead atoms. The van der Waals surface area contributed by atoms with Crippen molar-refractivity contribution in [1.29, 1.82) is 0 Å². The second kappa shape index (κ2) is 27.8. The molecule has 3 aliphatic rings. The van der Waals surface area contributed by atoms with Crippen molar-refractivity contribution >= 4 is 46.7 Å². The molecule has 92 heavy (non-hydrogen) atoms. The maximum atomic E-state index is 6.37. The van der Waals surface area contributed by atoms with E-state index in [1.807, 2.05) is 0 Å². The quantitative estimate of drug-likeness (QED) is 0.0421. The van der Waals surface area contributed by atoms with Gasteiger partial charge in [-0.15, -0.1) is 0 Å². The zero-order valence-electron chi connectivity index (χ0n) is 53.8. The van der Waals surface area contributed by atoms with Crippen LogP contribution in [0.5, 0.6) is 0 Å². The number of hydrogen-bond acceptors (Lipinski definition) is 4. The molecule has 11 aromatic carbocycles. The molecule has 0 unspecified atom stereocenters. The molecule has 1 saturated heterocycles. The van der Waals surface area contributed by atoms with E-state index >= 15 is 0 Å². The first kappa shape index (κ1) is 60.6. The van der Waals surface area contributed by atoms with Crippen molar-refractivity contribution in [2.75, 3.05) is 23.0 Å². The number of unbranched alkanes of at least 4 members (excludes halogenated alkanes) is 10. The van der Waals surface area contributed by atoms with Crippen LogP contribution in [0.2, 0.25) is 0 Å². The summed E-state index contributed by atoms with van der Waals surface area (Å²) in [5.74, 6) is 0. The molecule has 1 heterocycles. The fraction of sp³-hybridized carbons (Fsp3) is 0.241. The normalized spacial score (nSPS) is 14.1. The molecule has 4 nitrogen and oxygen atoms in total. The minimum atomic E-state index is -0.747. The van der Waals surface area contributed by atoms with Crippen LogP contribution in [0.4, 0.5) is 34.1 Å². The molecule has 14 rings (SSSR count). The SMILES string of the molecule is CCCCCCCCC1(CCCCCCCC)c2cc(B3OCCCO3)ccc2-c2ccc(-c3ccc4c(c3)C(c3ccc(N(c5ccccc5)c5ccccc5)cc3)(c3ccc(N(c5ccccc5)c5ccccc5)cc3)c3cc(-c5ccccc5)ccc3-4)cc21. The first-order chi connectivity index (χ1) is 45.6. The smallest absolute Gasteiger partial charge is 0.407 e. The third kappa shape index (κ3) is 11.9. The highest BCUT2D eigenvalue weighted by Crippen LogP contribution is 2.60. The Morgan fingerprint density at radius 3 is 1.08 bits per heavy atom. The third-order valence-electron chi connectivity index (χ3n) is 20.2. The maximum absolute atomic E-state index is 6.37. The Morgan fingerprint density at radius 1 is 0.315 bits per heavy atom. The van der Waals surface area contributed by atoms with Gasteiger partial charge in [0.1, 0.15) is 0 Å². The van der Waals surface area contributed by atoms with Crippen molar-refractivity contribution in [3.8, 4) is 44.5 Å². The summed E-state index contributed by atoms with van der Waals surface area (Å²) in [6, 6.07) is 103. The largest absolute Gasteiger partial charge is 0.493 e. The van der Waals surface area contributed by atoms with Crippen LogP contribution in [0.15, 0.2) is 273 Å². The molecule has 0 radical (unpaired) electrons. The highest BCUT2D eigenvalue weighted by Gasteiger charge is 2.48. The van der Waals surface area contributed by atoms with Gasteiger partial charge < -0.3 is 19.1 Å². The van der Waals surface area contributed by atoms with Gasteiger partial charge in [-0.2, -0.15) is 0 Å². The van der Waals surface area contributed by atoms with Crippen LogP contribution in [-0.2, 0) is 20.1 Å². The van der Waals surface area contributed by atoms with Crippen molar-refractivity contribution in [3.05, 3.63) is 306 Å². The Balaban J connectivity index is 0.964. The van der Waals surface area contributed by atoms with Gasteiger partial charge in [0.25, 0.3) is 0 Å². The molecule has 1 aliphatic heterocycles. The summed E-state index contributed by atoms with van der Waals surface area (Å²) < 4.78 is 12.7. The van der Waals surface area contributed by atoms with Gasteiger partial charge in [0.2, 0.25) is 0 Å². The molecule has 0 spiro atoms. The molecule has 2 aliphatic carbocycles. The van der Waals surface area contributed by atoms with Crippen LogP contribution in [0.3, 0.4) is 0 Å². The summed E-state index contributed by atoms with van der Waals surface area (Å²) in [5.41, 5.74) is 25.0. The van der Waals surface area contributed by atoms with E-state index in [2.05, 4.69) is 297 Å². The molecule has 0 saturated carbocycles. The predicted molar refractivity (Wildman–Crippen MR) is 388 cm³/mol. The molecule has 5 heteroatoms. The second-order valence-corrected chi connectivity index (χ2v) is 25.9. The van der Waals surface area contributed by atoms with E-state index in [1.54, 1.807) is 0 Å². The minimum Gasteiger partial charge on any atom is -0.407 e. The number of nitrogens with zero attached hydrogens (tertiary/aromatic N) is 2. The minimum absolute atomic E-state index is 0.143. The summed E-state index contributed by atoms with van der Waals surface area (Å²) in [4.78, 5) is 4.75. The van der Waals surface area contributed by atoms with Crippen molar-refractivity contribution in [2.45, 2.75) is 121 Å². The highest BCUT2D eigenvalue weighted by molar-refractivity contribution is 6.61. The zero-order valence-corrected chi connectivity index (χ0v) is 53.8. The molecule has 458 valence electrons. The van der Waals surface area contributed by atoms with Crippen molar-refractivity contribution in [3.63, 3.8) is 0 Å². The zero-order chi connectivity index (χ0) is 62.1. The number of hydrogen-bond donors (Lipinski definition) is 0. The van der Waals surface area contributed by atoms with Crippen LogP contribution in [0.25, 0.3) is 44.5 Å². The van der Waals surface area contributed by atoms with Crippen molar-refractivity contribution in [1.82, 2.24) is 0 Å². The number of benzene rings is 11. The Labute approximate surface area is 547 Å². The third-order valence-corrected chi connectivity index (χ3v) is 20.2. The highest BCUT2D eigenvalue weighted by atomic mass is 16.6. The first-order valence-electron chi connectivity index (χ1n) is 34.4. The lowest BCUT2D eigenvalue weighted by Gasteiger charge is -2.36. The van der Waals surface area contributed by atoms with E-state index in [0.717, 1.165) is 72.1 Å². The van der Waals surface area contributed by atoms with Crippen molar-refractivity contribution in [2.24, 2.45) is 0 Å². The molecular weight excluding hydrogens is 1120 g/mol. The Morgan fingerprint density at radius 2 is 0.652 bits per heavy atom. The standard InChI is InChI=1S/C87H85BN2O2/c1-3-5-7-9-11-28-57-86(58-29-12-10-8-6-4-2)82-61-67(42-53-78(82)79-56-48-71(64-83(79)86)88-91-59-30-60-92-88)68-43-55-81-80-54-41-66(65-31-18-13-19-32-65)62-84(80)87(85(81)63-68,69-44-49-76(50-45-69)89(72-33-20-14-21-34-72)73-35-22-15-23-36-73)70-46-51-77(52-47-70)90(74-37-24-16-25-38-74)75-39-26-17-27-40-75/h13-27,31-56,61-64H,3-12,28-30,57-60H2,1-2H3. The molecule has 11 aromatic rings. The van der Waals surface area contributed by atoms with E-state index in [0.29, 0.717) is 0 Å². The summed E-state index contributed by atoms with van der Waals surface area (Å²) in [6.07, 6.45) is 18.4. The van der Waals surface area contributed by atoms with E-state index in [4.69, 9.17) is 9.31 Å². The van der Waals surface area contributed by atoms with E-state index in [9.17, 15) is 0 Å². The lowest BCUT2D eigenvalue weighted by Crippen LogP contribution is -2.41. The fourth-order valence-corrected chi connectivity index (χ4v) is 15.6. The Hall–Kier alpha value is -9.00. The fourth-order valence-electron chi connectivity index (χ4n) is 15.6. The van der Waals surface area contributed by atoms with Gasteiger partial charge in [-0.3, -0.25) is 0 Å². The number of para-hydroxylation sites is 4. The molecule has 0 amide bonds. The Bertz CT molecular complexity index is 4000. The predicted octanol–water partition coefficient (Wildman–Crippen LogP) is 23.2. The van der Waals surface area contributed by atoms with Crippen LogP contribution in [0.1, 0.15) is 144 Å². The first-order valence-corrected chi connectivity index (χ1v) is 34.4. The molecule has 1 fully saturated rings. The van der Waals surface area contributed by atoms with Crippen LogP contribution < -0.4 is 15.3 Å². The topological polar surface area (TPSA) is 24.9 Å².